The van der Waals surface area contributed by atoms with E-state index >= 15 is 0 Å². The highest BCUT2D eigenvalue weighted by molar-refractivity contribution is 7.91. The van der Waals surface area contributed by atoms with Crippen molar-refractivity contribution < 1.29 is 17.6 Å². The van der Waals surface area contributed by atoms with Crippen LogP contribution >= 0.6 is 0 Å². The summed E-state index contributed by atoms with van der Waals surface area (Å²) in [4.78, 5) is 13.4. The molecule has 1 aromatic rings. The number of hydrogen-bond donors (Lipinski definition) is 1. The van der Waals surface area contributed by atoms with Crippen molar-refractivity contribution in [1.82, 2.24) is 10.2 Å². The van der Waals surface area contributed by atoms with Gasteiger partial charge in [0.2, 0.25) is 0 Å². The van der Waals surface area contributed by atoms with E-state index in [1.807, 2.05) is 0 Å². The van der Waals surface area contributed by atoms with Crippen LogP contribution in [0.15, 0.2) is 24.3 Å². The SMILES string of the molecule is CN(C(=O)NCCc1ccc(F)cc1)C1CCS(=O)(=O)C1. The van der Waals surface area contributed by atoms with Gasteiger partial charge < -0.3 is 10.2 Å². The smallest absolute Gasteiger partial charge is 0.317 e. The van der Waals surface area contributed by atoms with E-state index in [2.05, 4.69) is 5.32 Å². The topological polar surface area (TPSA) is 66.5 Å². The van der Waals surface area contributed by atoms with E-state index in [0.717, 1.165) is 5.56 Å². The van der Waals surface area contributed by atoms with E-state index in [9.17, 15) is 17.6 Å². The standard InChI is InChI=1S/C14H19FN2O3S/c1-17(13-7-9-21(19,20)10-13)14(18)16-8-6-11-2-4-12(15)5-3-11/h2-5,13H,6-10H2,1H3,(H,16,18). The van der Waals surface area contributed by atoms with Gasteiger partial charge in [-0.25, -0.2) is 17.6 Å². The number of benzene rings is 1. The van der Waals surface area contributed by atoms with E-state index in [0.29, 0.717) is 19.4 Å². The Labute approximate surface area is 124 Å². The van der Waals surface area contributed by atoms with Gasteiger partial charge in [-0.2, -0.15) is 0 Å². The third kappa shape index (κ3) is 4.42. The highest BCUT2D eigenvalue weighted by Crippen LogP contribution is 2.16. The fraction of sp³-hybridized carbons (Fsp3) is 0.500. The molecule has 2 amide bonds. The second-order valence-corrected chi connectivity index (χ2v) is 7.50. The Morgan fingerprint density at radius 1 is 1.38 bits per heavy atom. The molecule has 1 saturated heterocycles. The maximum Gasteiger partial charge on any atom is 0.317 e. The van der Waals surface area contributed by atoms with Crippen molar-refractivity contribution in [2.75, 3.05) is 25.1 Å². The lowest BCUT2D eigenvalue weighted by Crippen LogP contribution is -2.44. The lowest BCUT2D eigenvalue weighted by Gasteiger charge is -2.23. The summed E-state index contributed by atoms with van der Waals surface area (Å²) in [6.45, 7) is 0.425. The minimum absolute atomic E-state index is 0.0366. The molecule has 1 fully saturated rings. The van der Waals surface area contributed by atoms with Crippen LogP contribution in [0.4, 0.5) is 9.18 Å². The second-order valence-electron chi connectivity index (χ2n) is 5.28. The molecule has 116 valence electrons. The van der Waals surface area contributed by atoms with Crippen LogP contribution in [-0.2, 0) is 16.3 Å². The van der Waals surface area contributed by atoms with Crippen molar-refractivity contribution in [3.63, 3.8) is 0 Å². The zero-order valence-electron chi connectivity index (χ0n) is 11.9. The number of nitrogens with zero attached hydrogens (tertiary/aromatic N) is 1. The summed E-state index contributed by atoms with van der Waals surface area (Å²) < 4.78 is 35.6. The van der Waals surface area contributed by atoms with E-state index in [-0.39, 0.29) is 29.4 Å². The number of rotatable bonds is 4. The predicted molar refractivity (Wildman–Crippen MR) is 78.3 cm³/mol. The zero-order valence-corrected chi connectivity index (χ0v) is 12.7. The molecule has 1 aliphatic rings. The first-order valence-corrected chi connectivity index (χ1v) is 8.65. The Kier molecular flexibility index (Phi) is 4.82. The number of halogens is 1. The molecule has 0 saturated carbocycles. The minimum Gasteiger partial charge on any atom is -0.338 e. The second kappa shape index (κ2) is 6.43. The maximum atomic E-state index is 12.8. The lowest BCUT2D eigenvalue weighted by atomic mass is 10.1. The maximum absolute atomic E-state index is 12.8. The van der Waals surface area contributed by atoms with Crippen LogP contribution in [0.5, 0.6) is 0 Å². The van der Waals surface area contributed by atoms with Crippen LogP contribution in [0.3, 0.4) is 0 Å². The molecule has 0 aromatic heterocycles. The van der Waals surface area contributed by atoms with Gasteiger partial charge in [0.1, 0.15) is 5.82 Å². The summed E-state index contributed by atoms with van der Waals surface area (Å²) >= 11 is 0. The summed E-state index contributed by atoms with van der Waals surface area (Å²) in [5.74, 6) is -0.107. The van der Waals surface area contributed by atoms with Crippen molar-refractivity contribution >= 4 is 15.9 Å². The van der Waals surface area contributed by atoms with Crippen molar-refractivity contribution in [1.29, 1.82) is 0 Å². The number of urea groups is 1. The Balaban J connectivity index is 1.78. The number of hydrogen-bond acceptors (Lipinski definition) is 3. The van der Waals surface area contributed by atoms with Gasteiger partial charge in [0.15, 0.2) is 9.84 Å². The Morgan fingerprint density at radius 2 is 2.05 bits per heavy atom. The molecule has 0 radical (unpaired) electrons. The predicted octanol–water partition coefficient (Wildman–Crippen LogP) is 1.20. The fourth-order valence-corrected chi connectivity index (χ4v) is 4.11. The third-order valence-electron chi connectivity index (χ3n) is 3.68. The van der Waals surface area contributed by atoms with Gasteiger partial charge in [-0.3, -0.25) is 0 Å². The Hall–Kier alpha value is -1.63. The van der Waals surface area contributed by atoms with Gasteiger partial charge in [-0.05, 0) is 30.5 Å². The molecule has 1 unspecified atom stereocenters. The quantitative estimate of drug-likeness (QED) is 0.908. The van der Waals surface area contributed by atoms with Gasteiger partial charge in [0.05, 0.1) is 11.5 Å². The van der Waals surface area contributed by atoms with Crippen molar-refractivity contribution in [2.24, 2.45) is 0 Å². The molecular weight excluding hydrogens is 295 g/mol. The van der Waals surface area contributed by atoms with Crippen LogP contribution < -0.4 is 5.32 Å². The molecule has 1 N–H and O–H groups in total. The molecule has 7 heteroatoms. The van der Waals surface area contributed by atoms with Crippen molar-refractivity contribution in [2.45, 2.75) is 18.9 Å². The van der Waals surface area contributed by atoms with Crippen LogP contribution in [0, 0.1) is 5.82 Å². The van der Waals surface area contributed by atoms with E-state index in [4.69, 9.17) is 0 Å². The van der Waals surface area contributed by atoms with Gasteiger partial charge in [0.25, 0.3) is 0 Å². The molecular formula is C14H19FN2O3S. The monoisotopic (exact) mass is 314 g/mol. The number of carbonyl (C=O) groups is 1. The molecule has 5 nitrogen and oxygen atoms in total. The minimum atomic E-state index is -3.00. The van der Waals surface area contributed by atoms with Crippen LogP contribution in [0.1, 0.15) is 12.0 Å². The molecule has 1 aromatic carbocycles. The fourth-order valence-electron chi connectivity index (χ4n) is 2.34. The van der Waals surface area contributed by atoms with E-state index in [1.165, 1.54) is 17.0 Å². The Morgan fingerprint density at radius 3 is 2.62 bits per heavy atom. The van der Waals surface area contributed by atoms with Crippen molar-refractivity contribution in [3.05, 3.63) is 35.6 Å². The Bertz CT molecular complexity index is 601. The normalized spacial score (nSPS) is 20.2. The first-order valence-electron chi connectivity index (χ1n) is 6.83. The third-order valence-corrected chi connectivity index (χ3v) is 5.43. The number of nitrogens with one attached hydrogen (secondary N) is 1. The summed E-state index contributed by atoms with van der Waals surface area (Å²) in [5.41, 5.74) is 0.933. The highest BCUT2D eigenvalue weighted by atomic mass is 32.2. The zero-order chi connectivity index (χ0) is 15.5. The molecule has 2 rings (SSSR count). The van der Waals surface area contributed by atoms with E-state index in [1.54, 1.807) is 19.2 Å². The molecule has 0 bridgehead atoms. The number of carbonyl (C=O) groups excluding carboxylic acids is 1. The first kappa shape index (κ1) is 15.8. The van der Waals surface area contributed by atoms with E-state index < -0.39 is 9.84 Å². The van der Waals surface area contributed by atoms with Gasteiger partial charge in [-0.1, -0.05) is 12.1 Å². The molecule has 0 aliphatic carbocycles. The van der Waals surface area contributed by atoms with Crippen LogP contribution in [-0.4, -0.2) is 50.5 Å². The highest BCUT2D eigenvalue weighted by Gasteiger charge is 2.32. The first-order chi connectivity index (χ1) is 9.87. The summed E-state index contributed by atoms with van der Waals surface area (Å²) in [6.07, 6.45) is 1.09. The number of amides is 2. The number of sulfone groups is 1. The van der Waals surface area contributed by atoms with Crippen LogP contribution in [0.25, 0.3) is 0 Å². The largest absolute Gasteiger partial charge is 0.338 e. The van der Waals surface area contributed by atoms with Crippen LogP contribution in [0.2, 0.25) is 0 Å². The molecule has 1 heterocycles. The van der Waals surface area contributed by atoms with Gasteiger partial charge in [0, 0.05) is 19.6 Å². The summed E-state index contributed by atoms with van der Waals surface area (Å²) in [5, 5.41) is 2.75. The molecule has 1 aliphatic heterocycles. The average molecular weight is 314 g/mol. The average Bonchev–Trinajstić information content (AvgIpc) is 2.80. The van der Waals surface area contributed by atoms with Gasteiger partial charge in [-0.15, -0.1) is 0 Å². The summed E-state index contributed by atoms with van der Waals surface area (Å²) in [6, 6.07) is 5.59. The molecule has 21 heavy (non-hydrogen) atoms. The van der Waals surface area contributed by atoms with Crippen molar-refractivity contribution in [3.8, 4) is 0 Å². The summed E-state index contributed by atoms with van der Waals surface area (Å²) in [7, 11) is -1.39. The molecule has 0 spiro atoms. The van der Waals surface area contributed by atoms with Gasteiger partial charge >= 0.3 is 6.03 Å². The molecule has 1 atom stereocenters. The lowest BCUT2D eigenvalue weighted by molar-refractivity contribution is 0.195.